The van der Waals surface area contributed by atoms with Crippen molar-refractivity contribution in [3.63, 3.8) is 0 Å². The van der Waals surface area contributed by atoms with Gasteiger partial charge in [0.05, 0.1) is 7.11 Å². The number of primary amides is 1. The van der Waals surface area contributed by atoms with E-state index < -0.39 is 5.91 Å². The summed E-state index contributed by atoms with van der Waals surface area (Å²) in [5.41, 5.74) is 7.15. The zero-order valence-electron chi connectivity index (χ0n) is 14.1. The van der Waals surface area contributed by atoms with Gasteiger partial charge in [-0.3, -0.25) is 4.79 Å². The summed E-state index contributed by atoms with van der Waals surface area (Å²) in [5.74, 6) is -0.0195. The predicted octanol–water partition coefficient (Wildman–Crippen LogP) is 3.93. The third-order valence-corrected chi connectivity index (χ3v) is 4.23. The first-order chi connectivity index (χ1) is 12.7. The van der Waals surface area contributed by atoms with Crippen molar-refractivity contribution >= 4 is 33.3 Å². The molecule has 0 atom stereocenters. The molecule has 0 bridgehead atoms. The zero-order chi connectivity index (χ0) is 18.1. The Labute approximate surface area is 149 Å². The van der Waals surface area contributed by atoms with Crippen LogP contribution < -0.4 is 16.0 Å². The topological polar surface area (TPSA) is 77.8 Å². The fourth-order valence-electron chi connectivity index (χ4n) is 2.97. The van der Waals surface area contributed by atoms with E-state index in [0.717, 1.165) is 16.2 Å². The molecule has 0 aliphatic heterocycles. The Bertz CT molecular complexity index is 1210. The van der Waals surface area contributed by atoms with Crippen LogP contribution in [-0.4, -0.2) is 13.0 Å². The molecule has 4 rings (SSSR count). The molecule has 0 aliphatic rings. The molecule has 5 heteroatoms. The number of amides is 1. The Morgan fingerprint density at radius 2 is 1.77 bits per heavy atom. The van der Waals surface area contributed by atoms with Gasteiger partial charge in [-0.2, -0.15) is 0 Å². The number of para-hydroxylation sites is 2. The minimum Gasteiger partial charge on any atom is -0.494 e. The largest absolute Gasteiger partial charge is 0.494 e. The highest BCUT2D eigenvalue weighted by Gasteiger charge is 2.12. The molecule has 1 amide bonds. The van der Waals surface area contributed by atoms with Crippen molar-refractivity contribution in [1.82, 2.24) is 0 Å². The van der Waals surface area contributed by atoms with Crippen molar-refractivity contribution in [2.24, 2.45) is 10.7 Å². The van der Waals surface area contributed by atoms with Gasteiger partial charge in [-0.05, 0) is 35.0 Å². The van der Waals surface area contributed by atoms with Gasteiger partial charge < -0.3 is 14.9 Å². The van der Waals surface area contributed by atoms with E-state index in [1.165, 1.54) is 0 Å². The molecule has 3 aromatic carbocycles. The lowest BCUT2D eigenvalue weighted by molar-refractivity contribution is 0.0996. The summed E-state index contributed by atoms with van der Waals surface area (Å²) >= 11 is 0. The first-order valence-corrected chi connectivity index (χ1v) is 8.10. The molecule has 5 nitrogen and oxygen atoms in total. The Morgan fingerprint density at radius 1 is 1.00 bits per heavy atom. The standard InChI is InChI=1S/C21H16N2O3/c1-25-19-9-5-4-8-17(19)23-21-16(20(22)24)12-15-14-7-3-2-6-13(14)10-11-18(15)26-21/h2-12H,1H3,(H2,22,24). The number of carbonyl (C=O) groups is 1. The van der Waals surface area contributed by atoms with Gasteiger partial charge in [-0.1, -0.05) is 42.5 Å². The van der Waals surface area contributed by atoms with Gasteiger partial charge in [-0.25, -0.2) is 4.99 Å². The van der Waals surface area contributed by atoms with E-state index in [2.05, 4.69) is 4.99 Å². The molecule has 2 N–H and O–H groups in total. The highest BCUT2D eigenvalue weighted by molar-refractivity contribution is 6.07. The molecule has 0 unspecified atom stereocenters. The number of nitrogens with two attached hydrogens (primary N) is 1. The molecule has 0 radical (unpaired) electrons. The molecule has 0 aliphatic carbocycles. The van der Waals surface area contributed by atoms with E-state index >= 15 is 0 Å². The summed E-state index contributed by atoms with van der Waals surface area (Å²) in [6.45, 7) is 0. The maximum atomic E-state index is 12.0. The van der Waals surface area contributed by atoms with Crippen LogP contribution in [0.4, 0.5) is 5.69 Å². The summed E-state index contributed by atoms with van der Waals surface area (Å²) in [5, 5.41) is 2.86. The normalized spacial score (nSPS) is 11.8. The van der Waals surface area contributed by atoms with Crippen LogP contribution >= 0.6 is 0 Å². The van der Waals surface area contributed by atoms with Crippen LogP contribution in [0.15, 0.2) is 76.1 Å². The van der Waals surface area contributed by atoms with Crippen LogP contribution in [0.2, 0.25) is 0 Å². The van der Waals surface area contributed by atoms with Gasteiger partial charge in [0.25, 0.3) is 5.91 Å². The molecule has 0 saturated carbocycles. The highest BCUT2D eigenvalue weighted by Crippen LogP contribution is 2.27. The van der Waals surface area contributed by atoms with Gasteiger partial charge >= 0.3 is 0 Å². The van der Waals surface area contributed by atoms with Crippen molar-refractivity contribution in [2.45, 2.75) is 0 Å². The molecular weight excluding hydrogens is 328 g/mol. The minimum absolute atomic E-state index is 0.157. The van der Waals surface area contributed by atoms with Crippen molar-refractivity contribution in [2.75, 3.05) is 7.11 Å². The van der Waals surface area contributed by atoms with Gasteiger partial charge in [0, 0.05) is 5.39 Å². The molecule has 0 saturated heterocycles. The summed E-state index contributed by atoms with van der Waals surface area (Å²) in [4.78, 5) is 16.5. The molecule has 1 heterocycles. The van der Waals surface area contributed by atoms with Gasteiger partial charge in [0.1, 0.15) is 22.6 Å². The summed E-state index contributed by atoms with van der Waals surface area (Å²) in [6.07, 6.45) is 0. The first-order valence-electron chi connectivity index (χ1n) is 8.10. The number of hydrogen-bond acceptors (Lipinski definition) is 4. The van der Waals surface area contributed by atoms with Crippen molar-refractivity contribution in [3.8, 4) is 5.75 Å². The van der Waals surface area contributed by atoms with Crippen LogP contribution in [0.1, 0.15) is 10.4 Å². The number of methoxy groups -OCH3 is 1. The minimum atomic E-state index is -0.600. The fourth-order valence-corrected chi connectivity index (χ4v) is 2.97. The third kappa shape index (κ3) is 2.69. The number of rotatable bonds is 3. The number of carbonyl (C=O) groups excluding carboxylic acids is 1. The number of hydrogen-bond donors (Lipinski definition) is 1. The summed E-state index contributed by atoms with van der Waals surface area (Å²) < 4.78 is 11.3. The number of nitrogens with zero attached hydrogens (tertiary/aromatic N) is 1. The summed E-state index contributed by atoms with van der Waals surface area (Å²) in [7, 11) is 1.56. The average Bonchev–Trinajstić information content (AvgIpc) is 2.67. The molecule has 1 aromatic heterocycles. The van der Waals surface area contributed by atoms with Crippen molar-refractivity contribution in [1.29, 1.82) is 0 Å². The lowest BCUT2D eigenvalue weighted by atomic mass is 10.0. The molecule has 4 aromatic rings. The quantitative estimate of drug-likeness (QED) is 0.572. The predicted molar refractivity (Wildman–Crippen MR) is 100 cm³/mol. The third-order valence-electron chi connectivity index (χ3n) is 4.23. The van der Waals surface area contributed by atoms with E-state index in [4.69, 9.17) is 14.9 Å². The Balaban J connectivity index is 2.06. The Hall–Kier alpha value is -3.60. The number of benzene rings is 3. The SMILES string of the molecule is COc1ccccc1N=c1oc2ccc3ccccc3c2cc1C(N)=O. The fraction of sp³-hybridized carbons (Fsp3) is 0.0476. The summed E-state index contributed by atoms with van der Waals surface area (Å²) in [6, 6.07) is 20.7. The van der Waals surface area contributed by atoms with E-state index in [1.54, 1.807) is 25.3 Å². The van der Waals surface area contributed by atoms with Crippen LogP contribution in [0.3, 0.4) is 0 Å². The maximum Gasteiger partial charge on any atom is 0.254 e. The first kappa shape index (κ1) is 15.9. The van der Waals surface area contributed by atoms with Crippen LogP contribution in [0.25, 0.3) is 21.7 Å². The van der Waals surface area contributed by atoms with Crippen molar-refractivity contribution < 1.29 is 13.9 Å². The Kier molecular flexibility index (Phi) is 3.89. The lowest BCUT2D eigenvalue weighted by Gasteiger charge is -2.06. The monoisotopic (exact) mass is 344 g/mol. The van der Waals surface area contributed by atoms with Gasteiger partial charge in [-0.15, -0.1) is 0 Å². The molecule has 0 spiro atoms. The Morgan fingerprint density at radius 3 is 2.58 bits per heavy atom. The van der Waals surface area contributed by atoms with Crippen LogP contribution in [0, 0.1) is 0 Å². The maximum absolute atomic E-state index is 12.0. The van der Waals surface area contributed by atoms with E-state index in [1.807, 2.05) is 48.5 Å². The second-order valence-electron chi connectivity index (χ2n) is 5.81. The number of fused-ring (bicyclic) bond motifs is 3. The van der Waals surface area contributed by atoms with Gasteiger partial charge in [0.2, 0.25) is 5.55 Å². The zero-order valence-corrected chi connectivity index (χ0v) is 14.1. The second-order valence-corrected chi connectivity index (χ2v) is 5.81. The molecule has 0 fully saturated rings. The van der Waals surface area contributed by atoms with Crippen molar-refractivity contribution in [3.05, 3.63) is 77.8 Å². The highest BCUT2D eigenvalue weighted by atomic mass is 16.5. The smallest absolute Gasteiger partial charge is 0.254 e. The average molecular weight is 344 g/mol. The second kappa shape index (κ2) is 6.37. The van der Waals surface area contributed by atoms with Gasteiger partial charge in [0.15, 0.2) is 0 Å². The lowest BCUT2D eigenvalue weighted by Crippen LogP contribution is -2.21. The van der Waals surface area contributed by atoms with E-state index in [9.17, 15) is 4.79 Å². The van der Waals surface area contributed by atoms with E-state index in [-0.39, 0.29) is 11.1 Å². The van der Waals surface area contributed by atoms with Crippen LogP contribution in [0.5, 0.6) is 5.75 Å². The molecular formula is C21H16N2O3. The molecule has 26 heavy (non-hydrogen) atoms. The van der Waals surface area contributed by atoms with Crippen LogP contribution in [-0.2, 0) is 0 Å². The molecule has 128 valence electrons. The number of ether oxygens (including phenoxy) is 1. The van der Waals surface area contributed by atoms with E-state index in [0.29, 0.717) is 17.0 Å².